The van der Waals surface area contributed by atoms with E-state index in [2.05, 4.69) is 4.99 Å². The van der Waals surface area contributed by atoms with Gasteiger partial charge in [0.25, 0.3) is 5.56 Å². The maximum absolute atomic E-state index is 13.9. The van der Waals surface area contributed by atoms with Gasteiger partial charge in [0.05, 0.1) is 42.7 Å². The SMILES string of the molecule is CCOC(=O)C1=C(C)N=c2s/c(=C/c3ccc(OC)c(COc4ccccc4C)c3)c(=O)n2C1c1ccc(OC)cc1. The first-order chi connectivity index (χ1) is 20.3. The summed E-state index contributed by atoms with van der Waals surface area (Å²) < 4.78 is 24.4. The molecule has 0 spiro atoms. The molecule has 3 aromatic carbocycles. The van der Waals surface area contributed by atoms with E-state index in [-0.39, 0.29) is 12.2 Å². The lowest BCUT2D eigenvalue weighted by molar-refractivity contribution is -0.139. The van der Waals surface area contributed by atoms with Crippen molar-refractivity contribution in [2.24, 2.45) is 4.99 Å². The van der Waals surface area contributed by atoms with Gasteiger partial charge in [0, 0.05) is 5.56 Å². The quantitative estimate of drug-likeness (QED) is 0.265. The smallest absolute Gasteiger partial charge is 0.338 e. The number of nitrogens with zero attached hydrogens (tertiary/aromatic N) is 2. The highest BCUT2D eigenvalue weighted by Gasteiger charge is 2.33. The van der Waals surface area contributed by atoms with Crippen LogP contribution < -0.4 is 29.1 Å². The number of benzene rings is 3. The lowest BCUT2D eigenvalue weighted by Crippen LogP contribution is -2.39. The van der Waals surface area contributed by atoms with Gasteiger partial charge in [-0.25, -0.2) is 9.79 Å². The largest absolute Gasteiger partial charge is 0.497 e. The first-order valence-electron chi connectivity index (χ1n) is 13.5. The minimum Gasteiger partial charge on any atom is -0.497 e. The number of rotatable bonds is 9. The van der Waals surface area contributed by atoms with Crippen LogP contribution in [0.25, 0.3) is 6.08 Å². The summed E-state index contributed by atoms with van der Waals surface area (Å²) >= 11 is 1.28. The van der Waals surface area contributed by atoms with E-state index in [1.165, 1.54) is 11.3 Å². The first kappa shape index (κ1) is 28.9. The number of ether oxygens (including phenoxy) is 4. The number of carbonyl (C=O) groups is 1. The van der Waals surface area contributed by atoms with Crippen molar-refractivity contribution in [3.63, 3.8) is 0 Å². The Morgan fingerprint density at radius 2 is 1.76 bits per heavy atom. The van der Waals surface area contributed by atoms with Crippen molar-refractivity contribution in [3.8, 4) is 17.2 Å². The first-order valence-corrected chi connectivity index (χ1v) is 14.3. The van der Waals surface area contributed by atoms with Gasteiger partial charge in [-0.15, -0.1) is 0 Å². The van der Waals surface area contributed by atoms with Crippen molar-refractivity contribution in [2.75, 3.05) is 20.8 Å². The van der Waals surface area contributed by atoms with E-state index < -0.39 is 12.0 Å². The lowest BCUT2D eigenvalue weighted by Gasteiger charge is -2.24. The van der Waals surface area contributed by atoms with Crippen LogP contribution in [-0.2, 0) is 16.1 Å². The fraction of sp³-hybridized carbons (Fsp3) is 0.242. The van der Waals surface area contributed by atoms with Crippen molar-refractivity contribution in [2.45, 2.75) is 33.4 Å². The van der Waals surface area contributed by atoms with Crippen LogP contribution in [0.4, 0.5) is 0 Å². The molecule has 0 fully saturated rings. The van der Waals surface area contributed by atoms with Crippen molar-refractivity contribution < 1.29 is 23.7 Å². The Balaban J connectivity index is 1.58. The Morgan fingerprint density at radius 1 is 1.00 bits per heavy atom. The van der Waals surface area contributed by atoms with Gasteiger partial charge in [-0.3, -0.25) is 9.36 Å². The maximum atomic E-state index is 13.9. The van der Waals surface area contributed by atoms with E-state index >= 15 is 0 Å². The van der Waals surface area contributed by atoms with Gasteiger partial charge in [0.2, 0.25) is 0 Å². The zero-order valence-electron chi connectivity index (χ0n) is 24.2. The second kappa shape index (κ2) is 12.5. The third-order valence-electron chi connectivity index (χ3n) is 7.03. The summed E-state index contributed by atoms with van der Waals surface area (Å²) in [5, 5.41) is 0. The van der Waals surface area contributed by atoms with Gasteiger partial charge in [-0.2, -0.15) is 0 Å². The molecule has 0 saturated carbocycles. The van der Waals surface area contributed by atoms with Gasteiger partial charge < -0.3 is 18.9 Å². The number of methoxy groups -OCH3 is 2. The van der Waals surface area contributed by atoms with Gasteiger partial charge in [0.15, 0.2) is 4.80 Å². The molecule has 5 rings (SSSR count). The lowest BCUT2D eigenvalue weighted by atomic mass is 9.96. The Kier molecular flexibility index (Phi) is 8.59. The fourth-order valence-electron chi connectivity index (χ4n) is 4.92. The zero-order valence-corrected chi connectivity index (χ0v) is 25.0. The molecular formula is C33H32N2O6S. The van der Waals surface area contributed by atoms with Crippen LogP contribution in [0, 0.1) is 6.92 Å². The third-order valence-corrected chi connectivity index (χ3v) is 8.01. The summed E-state index contributed by atoms with van der Waals surface area (Å²) in [4.78, 5) is 32.2. The molecule has 1 aliphatic heterocycles. The molecule has 9 heteroatoms. The Bertz CT molecular complexity index is 1840. The third kappa shape index (κ3) is 5.73. The maximum Gasteiger partial charge on any atom is 0.338 e. The topological polar surface area (TPSA) is 88.4 Å². The van der Waals surface area contributed by atoms with Crippen LogP contribution in [0.2, 0.25) is 0 Å². The number of allylic oxidation sites excluding steroid dienone is 1. The molecule has 0 N–H and O–H groups in total. The van der Waals surface area contributed by atoms with Crippen LogP contribution in [0.15, 0.2) is 87.8 Å². The van der Waals surface area contributed by atoms with Gasteiger partial charge >= 0.3 is 5.97 Å². The predicted molar refractivity (Wildman–Crippen MR) is 162 cm³/mol. The Labute approximate surface area is 247 Å². The van der Waals surface area contributed by atoms with Gasteiger partial charge in [-0.05, 0) is 73.9 Å². The number of esters is 1. The van der Waals surface area contributed by atoms with E-state index in [4.69, 9.17) is 18.9 Å². The second-order valence-corrected chi connectivity index (χ2v) is 10.7. The molecule has 0 amide bonds. The Hall–Kier alpha value is -4.63. The summed E-state index contributed by atoms with van der Waals surface area (Å²) in [6, 6.07) is 20.2. The van der Waals surface area contributed by atoms with Crippen LogP contribution in [0.1, 0.15) is 42.1 Å². The number of thiazole rings is 1. The molecule has 1 atom stereocenters. The van der Waals surface area contributed by atoms with Crippen LogP contribution in [-0.4, -0.2) is 31.4 Å². The number of aromatic nitrogens is 1. The molecule has 0 saturated heterocycles. The minimum atomic E-state index is -0.692. The number of fused-ring (bicyclic) bond motifs is 1. The van der Waals surface area contributed by atoms with Crippen molar-refractivity contribution in [1.82, 2.24) is 4.57 Å². The van der Waals surface area contributed by atoms with Crippen LogP contribution in [0.3, 0.4) is 0 Å². The zero-order chi connectivity index (χ0) is 29.8. The van der Waals surface area contributed by atoms with E-state index in [1.54, 1.807) is 44.8 Å². The highest BCUT2D eigenvalue weighted by atomic mass is 32.1. The molecule has 4 aromatic rings. The minimum absolute atomic E-state index is 0.211. The molecule has 0 radical (unpaired) electrons. The summed E-state index contributed by atoms with van der Waals surface area (Å²) in [7, 11) is 3.21. The standard InChI is InChI=1S/C33H32N2O6S/c1-6-40-32(37)29-21(3)34-33-35(30(29)23-12-14-25(38-4)15-13-23)31(36)28(42-33)18-22-11-16-27(39-5)24(17-22)19-41-26-10-8-7-9-20(26)2/h7-18,30H,6,19H2,1-5H3/b28-18+. The van der Waals surface area contributed by atoms with Gasteiger partial charge in [-0.1, -0.05) is 47.7 Å². The van der Waals surface area contributed by atoms with Crippen molar-refractivity contribution in [1.29, 1.82) is 0 Å². The average Bonchev–Trinajstić information content (AvgIpc) is 3.30. The summed E-state index contributed by atoms with van der Waals surface area (Å²) in [6.07, 6.45) is 1.83. The van der Waals surface area contributed by atoms with E-state index in [0.717, 1.165) is 28.0 Å². The van der Waals surface area contributed by atoms with Crippen LogP contribution >= 0.6 is 11.3 Å². The van der Waals surface area contributed by atoms with Crippen molar-refractivity contribution >= 4 is 23.4 Å². The highest BCUT2D eigenvalue weighted by Crippen LogP contribution is 2.31. The highest BCUT2D eigenvalue weighted by molar-refractivity contribution is 7.07. The van der Waals surface area contributed by atoms with Crippen molar-refractivity contribution in [3.05, 3.63) is 120 Å². The molecule has 216 valence electrons. The molecule has 2 heterocycles. The summed E-state index contributed by atoms with van der Waals surface area (Å²) in [5.41, 5.74) is 4.05. The fourth-order valence-corrected chi connectivity index (χ4v) is 5.97. The van der Waals surface area contributed by atoms with E-state index in [1.807, 2.05) is 67.6 Å². The molecule has 8 nitrogen and oxygen atoms in total. The molecule has 42 heavy (non-hydrogen) atoms. The predicted octanol–water partition coefficient (Wildman–Crippen LogP) is 4.70. The number of hydrogen-bond acceptors (Lipinski definition) is 8. The molecule has 0 aliphatic carbocycles. The number of carbonyl (C=O) groups excluding carboxylic acids is 1. The van der Waals surface area contributed by atoms with Gasteiger partial charge in [0.1, 0.15) is 23.9 Å². The normalized spacial score (nSPS) is 14.7. The molecule has 1 unspecified atom stereocenters. The molecule has 0 bridgehead atoms. The van der Waals surface area contributed by atoms with Crippen LogP contribution in [0.5, 0.6) is 17.2 Å². The molecule has 1 aromatic heterocycles. The number of aryl methyl sites for hydroxylation is 1. The Morgan fingerprint density at radius 3 is 2.45 bits per heavy atom. The number of para-hydroxylation sites is 1. The average molecular weight is 585 g/mol. The van der Waals surface area contributed by atoms with E-state index in [9.17, 15) is 9.59 Å². The molecule has 1 aliphatic rings. The number of hydrogen-bond donors (Lipinski definition) is 0. The monoisotopic (exact) mass is 584 g/mol. The summed E-state index contributed by atoms with van der Waals surface area (Å²) in [6.45, 7) is 6.03. The molecular weight excluding hydrogens is 552 g/mol. The summed E-state index contributed by atoms with van der Waals surface area (Å²) in [5.74, 6) is 1.66. The second-order valence-electron chi connectivity index (χ2n) is 9.70. The van der Waals surface area contributed by atoms with E-state index in [0.29, 0.717) is 38.7 Å².